The maximum Gasteiger partial charge on any atom is 0.153 e. The van der Waals surface area contributed by atoms with Gasteiger partial charge in [-0.3, -0.25) is 0 Å². The summed E-state index contributed by atoms with van der Waals surface area (Å²) in [5.41, 5.74) is 1.15. The molecule has 1 unspecified atom stereocenters. The molecule has 1 N–H and O–H groups in total. The second-order valence-corrected chi connectivity index (χ2v) is 8.70. The van der Waals surface area contributed by atoms with Crippen molar-refractivity contribution in [2.45, 2.75) is 31.4 Å². The zero-order valence-corrected chi connectivity index (χ0v) is 13.5. The Morgan fingerprint density at radius 2 is 2.00 bits per heavy atom. The molecule has 5 heteroatoms. The van der Waals surface area contributed by atoms with Gasteiger partial charge in [-0.25, -0.2) is 8.42 Å². The molecule has 19 heavy (non-hydrogen) atoms. The van der Waals surface area contributed by atoms with Crippen LogP contribution in [0.3, 0.4) is 0 Å². The van der Waals surface area contributed by atoms with E-state index in [2.05, 4.69) is 12.2 Å². The first kappa shape index (κ1) is 16.5. The Morgan fingerprint density at radius 1 is 1.37 bits per heavy atom. The van der Waals surface area contributed by atoms with Crippen LogP contribution in [0, 0.1) is 0 Å². The van der Waals surface area contributed by atoms with Crippen LogP contribution in [0.15, 0.2) is 24.3 Å². The van der Waals surface area contributed by atoms with E-state index in [4.69, 9.17) is 11.6 Å². The van der Waals surface area contributed by atoms with Crippen LogP contribution >= 0.6 is 11.6 Å². The third-order valence-electron chi connectivity index (χ3n) is 3.42. The van der Waals surface area contributed by atoms with E-state index in [0.717, 1.165) is 17.1 Å². The molecule has 0 aliphatic rings. The minimum Gasteiger partial charge on any atom is -0.315 e. The molecule has 0 heterocycles. The topological polar surface area (TPSA) is 46.2 Å². The second-order valence-electron chi connectivity index (χ2n) is 5.62. The summed E-state index contributed by atoms with van der Waals surface area (Å²) in [5.74, 6) is 0.286. The van der Waals surface area contributed by atoms with E-state index in [1.54, 1.807) is 13.8 Å². The van der Waals surface area contributed by atoms with Crippen LogP contribution in [-0.4, -0.2) is 32.5 Å². The van der Waals surface area contributed by atoms with Gasteiger partial charge in [-0.2, -0.15) is 0 Å². The van der Waals surface area contributed by atoms with E-state index in [1.165, 1.54) is 6.26 Å². The van der Waals surface area contributed by atoms with E-state index in [1.807, 2.05) is 24.3 Å². The monoisotopic (exact) mass is 303 g/mol. The Labute approximate surface area is 121 Å². The van der Waals surface area contributed by atoms with E-state index in [9.17, 15) is 8.42 Å². The van der Waals surface area contributed by atoms with Gasteiger partial charge in [0.05, 0.1) is 4.75 Å². The first-order valence-electron chi connectivity index (χ1n) is 6.29. The molecule has 1 aromatic rings. The average Bonchev–Trinajstić information content (AvgIpc) is 2.27. The highest BCUT2D eigenvalue weighted by Crippen LogP contribution is 2.19. The van der Waals surface area contributed by atoms with Gasteiger partial charge >= 0.3 is 0 Å². The van der Waals surface area contributed by atoms with Crippen LogP contribution in [0.4, 0.5) is 0 Å². The van der Waals surface area contributed by atoms with Crippen LogP contribution in [0.5, 0.6) is 0 Å². The summed E-state index contributed by atoms with van der Waals surface area (Å²) >= 11 is 5.96. The summed E-state index contributed by atoms with van der Waals surface area (Å²) in [7, 11) is -3.06. The van der Waals surface area contributed by atoms with Crippen molar-refractivity contribution in [3.8, 4) is 0 Å². The van der Waals surface area contributed by atoms with Crippen molar-refractivity contribution in [1.82, 2.24) is 5.32 Å². The number of benzene rings is 1. The third-order valence-corrected chi connectivity index (χ3v) is 5.81. The Balaban J connectivity index is 2.55. The van der Waals surface area contributed by atoms with Gasteiger partial charge in [0.25, 0.3) is 0 Å². The molecule has 3 nitrogen and oxygen atoms in total. The van der Waals surface area contributed by atoms with E-state index in [0.29, 0.717) is 6.54 Å². The summed E-state index contributed by atoms with van der Waals surface area (Å²) in [5, 5.41) is 3.95. The summed E-state index contributed by atoms with van der Waals surface area (Å²) in [6.45, 7) is 6.72. The van der Waals surface area contributed by atoms with Crippen LogP contribution < -0.4 is 5.32 Å². The van der Waals surface area contributed by atoms with Crippen LogP contribution in [0.2, 0.25) is 5.02 Å². The van der Waals surface area contributed by atoms with Gasteiger partial charge in [0.1, 0.15) is 0 Å². The molecular weight excluding hydrogens is 282 g/mol. The first-order valence-corrected chi connectivity index (χ1v) is 8.56. The predicted octanol–water partition coefficient (Wildman–Crippen LogP) is 2.86. The zero-order chi connectivity index (χ0) is 14.7. The molecule has 1 rings (SSSR count). The number of rotatable bonds is 6. The van der Waals surface area contributed by atoms with Crippen LogP contribution in [0.1, 0.15) is 32.3 Å². The number of hydrogen-bond acceptors (Lipinski definition) is 3. The lowest BCUT2D eigenvalue weighted by molar-refractivity contribution is 0.510. The van der Waals surface area contributed by atoms with Crippen molar-refractivity contribution in [3.63, 3.8) is 0 Å². The van der Waals surface area contributed by atoms with Crippen molar-refractivity contribution in [2.24, 2.45) is 0 Å². The van der Waals surface area contributed by atoms with Crippen LogP contribution in [-0.2, 0) is 9.84 Å². The lowest BCUT2D eigenvalue weighted by Gasteiger charge is -2.24. The summed E-state index contributed by atoms with van der Waals surface area (Å²) < 4.78 is 22.4. The zero-order valence-electron chi connectivity index (χ0n) is 11.9. The van der Waals surface area contributed by atoms with Gasteiger partial charge in [0, 0.05) is 24.4 Å². The van der Waals surface area contributed by atoms with Gasteiger partial charge in [0.2, 0.25) is 0 Å². The van der Waals surface area contributed by atoms with Crippen molar-refractivity contribution in [3.05, 3.63) is 34.9 Å². The highest BCUT2D eigenvalue weighted by atomic mass is 35.5. The SMILES string of the molecule is CC(CNCC(C)(C)S(C)(=O)=O)c1cccc(Cl)c1. The van der Waals surface area contributed by atoms with Gasteiger partial charge in [-0.1, -0.05) is 30.7 Å². The average molecular weight is 304 g/mol. The third kappa shape index (κ3) is 4.79. The Kier molecular flexibility index (Phi) is 5.42. The minimum absolute atomic E-state index is 0.286. The van der Waals surface area contributed by atoms with E-state index >= 15 is 0 Å². The highest BCUT2D eigenvalue weighted by molar-refractivity contribution is 7.92. The largest absolute Gasteiger partial charge is 0.315 e. The molecule has 0 saturated heterocycles. The van der Waals surface area contributed by atoms with Gasteiger partial charge in [0.15, 0.2) is 9.84 Å². The summed E-state index contributed by atoms with van der Waals surface area (Å²) in [6.07, 6.45) is 1.27. The molecule has 0 aromatic heterocycles. The maximum absolute atomic E-state index is 11.6. The van der Waals surface area contributed by atoms with Crippen molar-refractivity contribution < 1.29 is 8.42 Å². The maximum atomic E-state index is 11.6. The van der Waals surface area contributed by atoms with Crippen molar-refractivity contribution in [1.29, 1.82) is 0 Å². The van der Waals surface area contributed by atoms with Gasteiger partial charge in [-0.15, -0.1) is 0 Å². The normalized spacial score (nSPS) is 14.4. The summed E-state index contributed by atoms with van der Waals surface area (Å²) in [4.78, 5) is 0. The van der Waals surface area contributed by atoms with Crippen molar-refractivity contribution in [2.75, 3.05) is 19.3 Å². The molecule has 0 saturated carbocycles. The smallest absolute Gasteiger partial charge is 0.153 e. The van der Waals surface area contributed by atoms with Gasteiger partial charge < -0.3 is 5.32 Å². The van der Waals surface area contributed by atoms with Gasteiger partial charge in [-0.05, 0) is 37.5 Å². The summed E-state index contributed by atoms with van der Waals surface area (Å²) in [6, 6.07) is 7.74. The number of hydrogen-bond donors (Lipinski definition) is 1. The fourth-order valence-electron chi connectivity index (χ4n) is 1.65. The molecule has 1 atom stereocenters. The second kappa shape index (κ2) is 6.25. The van der Waals surface area contributed by atoms with E-state index in [-0.39, 0.29) is 5.92 Å². The molecule has 0 fully saturated rings. The van der Waals surface area contributed by atoms with Crippen molar-refractivity contribution >= 4 is 21.4 Å². The Hall–Kier alpha value is -0.580. The molecule has 0 spiro atoms. The lowest BCUT2D eigenvalue weighted by atomic mass is 10.0. The lowest BCUT2D eigenvalue weighted by Crippen LogP contribution is -2.42. The fourth-order valence-corrected chi connectivity index (χ4v) is 2.21. The van der Waals surface area contributed by atoms with E-state index < -0.39 is 14.6 Å². The molecule has 0 amide bonds. The minimum atomic E-state index is -3.06. The predicted molar refractivity (Wildman–Crippen MR) is 81.7 cm³/mol. The molecule has 0 aliphatic carbocycles. The molecule has 0 aliphatic heterocycles. The number of sulfone groups is 1. The molecule has 0 bridgehead atoms. The standard InChI is InChI=1S/C14H22ClNO2S/c1-11(12-6-5-7-13(15)8-12)9-16-10-14(2,3)19(4,17)18/h5-8,11,16H,9-10H2,1-4H3. The highest BCUT2D eigenvalue weighted by Gasteiger charge is 2.29. The fraction of sp³-hybridized carbons (Fsp3) is 0.571. The van der Waals surface area contributed by atoms with Crippen LogP contribution in [0.25, 0.3) is 0 Å². The molecule has 1 aromatic carbocycles. The Bertz CT molecular complexity index is 526. The number of nitrogens with one attached hydrogen (secondary N) is 1. The quantitative estimate of drug-likeness (QED) is 0.879. The molecule has 0 radical (unpaired) electrons. The Morgan fingerprint density at radius 3 is 2.53 bits per heavy atom. The number of halogens is 1. The molecule has 108 valence electrons. The first-order chi connectivity index (χ1) is 8.63. The molecular formula is C14H22ClNO2S.